The number of fused-ring (bicyclic) bond motifs is 1. The largest absolute Gasteiger partial charge is 0.493 e. The Morgan fingerprint density at radius 3 is 2.53 bits per heavy atom. The minimum atomic E-state index is -2.68. The Kier molecular flexibility index (Phi) is 5.68. The summed E-state index contributed by atoms with van der Waals surface area (Å²) in [6.45, 7) is 0. The number of aromatic carboxylic acids is 1. The molecule has 4 rings (SSSR count). The molecule has 1 aromatic heterocycles. The zero-order valence-electron chi connectivity index (χ0n) is 17.2. The van der Waals surface area contributed by atoms with Gasteiger partial charge >= 0.3 is 5.97 Å². The van der Waals surface area contributed by atoms with Gasteiger partial charge in [-0.3, -0.25) is 0 Å². The molecule has 0 spiro atoms. The number of alkyl halides is 2. The molecule has 0 bridgehead atoms. The first-order valence-corrected chi connectivity index (χ1v) is 9.71. The quantitative estimate of drug-likeness (QED) is 0.566. The topological polar surface area (TPSA) is 85.6 Å². The van der Waals surface area contributed by atoms with Crippen molar-refractivity contribution in [1.82, 2.24) is 9.78 Å². The standard InChI is InChI=1S/C22H20F3N3O4/c1-31-18-6-4-12(8-19(18)32-2)15-9-17(21(24)25)28-20(26-15)10-16(27-28)11-3-5-13(22(29)30)14(23)7-11/h3-8,10,15,17,21,26H,9H2,1-2H3,(H,29,30). The Labute approximate surface area is 181 Å². The molecule has 0 radical (unpaired) electrons. The number of rotatable bonds is 6. The molecule has 2 aromatic carbocycles. The van der Waals surface area contributed by atoms with Crippen molar-refractivity contribution in [3.8, 4) is 22.8 Å². The average Bonchev–Trinajstić information content (AvgIpc) is 3.21. The second kappa shape index (κ2) is 8.45. The van der Waals surface area contributed by atoms with Crippen LogP contribution in [0.4, 0.5) is 19.0 Å². The van der Waals surface area contributed by atoms with Crippen LogP contribution in [0.1, 0.15) is 34.4 Å². The van der Waals surface area contributed by atoms with E-state index >= 15 is 0 Å². The van der Waals surface area contributed by atoms with Crippen LogP contribution < -0.4 is 14.8 Å². The third-order valence-electron chi connectivity index (χ3n) is 5.45. The molecule has 0 saturated heterocycles. The molecule has 32 heavy (non-hydrogen) atoms. The van der Waals surface area contributed by atoms with E-state index in [0.717, 1.165) is 17.7 Å². The number of hydrogen-bond acceptors (Lipinski definition) is 5. The van der Waals surface area contributed by atoms with E-state index in [4.69, 9.17) is 14.6 Å². The summed E-state index contributed by atoms with van der Waals surface area (Å²) < 4.78 is 53.7. The lowest BCUT2D eigenvalue weighted by molar-refractivity contribution is 0.0658. The maximum absolute atomic E-state index is 14.1. The molecule has 3 aromatic rings. The van der Waals surface area contributed by atoms with Crippen LogP contribution in [0.3, 0.4) is 0 Å². The Hall–Kier alpha value is -3.69. The molecule has 0 aliphatic carbocycles. The number of halogens is 3. The van der Waals surface area contributed by atoms with Crippen molar-refractivity contribution >= 4 is 11.8 Å². The van der Waals surface area contributed by atoms with E-state index in [9.17, 15) is 18.0 Å². The first kappa shape index (κ1) is 21.5. The third-order valence-corrected chi connectivity index (χ3v) is 5.45. The lowest BCUT2D eigenvalue weighted by Gasteiger charge is -2.32. The number of aromatic nitrogens is 2. The van der Waals surface area contributed by atoms with Gasteiger partial charge in [0.05, 0.1) is 31.5 Å². The molecule has 0 saturated carbocycles. The number of nitrogens with zero attached hydrogens (tertiary/aromatic N) is 2. The molecule has 7 nitrogen and oxygen atoms in total. The minimum absolute atomic E-state index is 0.0631. The molecule has 168 valence electrons. The van der Waals surface area contributed by atoms with Gasteiger partial charge in [0.25, 0.3) is 6.43 Å². The van der Waals surface area contributed by atoms with Crippen molar-refractivity contribution < 1.29 is 32.5 Å². The summed E-state index contributed by atoms with van der Waals surface area (Å²) in [6.07, 6.45) is -2.62. The number of carbonyl (C=O) groups is 1. The maximum Gasteiger partial charge on any atom is 0.338 e. The van der Waals surface area contributed by atoms with Crippen molar-refractivity contribution in [3.05, 3.63) is 59.4 Å². The van der Waals surface area contributed by atoms with Gasteiger partial charge in [0.1, 0.15) is 17.7 Å². The Balaban J connectivity index is 1.70. The van der Waals surface area contributed by atoms with Gasteiger partial charge in [-0.15, -0.1) is 0 Å². The predicted octanol–water partition coefficient (Wildman–Crippen LogP) is 4.77. The van der Waals surface area contributed by atoms with Crippen LogP contribution in [0.5, 0.6) is 11.5 Å². The number of benzene rings is 2. The Morgan fingerprint density at radius 2 is 1.91 bits per heavy atom. The van der Waals surface area contributed by atoms with E-state index in [2.05, 4.69) is 10.4 Å². The zero-order valence-corrected chi connectivity index (χ0v) is 17.2. The van der Waals surface area contributed by atoms with Gasteiger partial charge in [-0.1, -0.05) is 12.1 Å². The smallest absolute Gasteiger partial charge is 0.338 e. The monoisotopic (exact) mass is 447 g/mol. The average molecular weight is 447 g/mol. The molecule has 1 aliphatic heterocycles. The highest BCUT2D eigenvalue weighted by Gasteiger charge is 2.35. The van der Waals surface area contributed by atoms with E-state index in [0.29, 0.717) is 17.3 Å². The fourth-order valence-electron chi connectivity index (χ4n) is 3.82. The maximum atomic E-state index is 14.1. The van der Waals surface area contributed by atoms with E-state index in [1.807, 2.05) is 0 Å². The van der Waals surface area contributed by atoms with Crippen LogP contribution in [0.25, 0.3) is 11.3 Å². The van der Waals surface area contributed by atoms with Gasteiger partial charge < -0.3 is 19.9 Å². The van der Waals surface area contributed by atoms with Gasteiger partial charge in [-0.25, -0.2) is 22.6 Å². The SMILES string of the molecule is COc1ccc(C2CC(C(F)F)n3nc(-c4ccc(C(=O)O)c(F)c4)cc3N2)cc1OC. The van der Waals surface area contributed by atoms with Crippen LogP contribution in [-0.2, 0) is 0 Å². The third kappa shape index (κ3) is 3.83. The van der Waals surface area contributed by atoms with Gasteiger partial charge in [-0.05, 0) is 36.2 Å². The number of nitrogens with one attached hydrogen (secondary N) is 1. The summed E-state index contributed by atoms with van der Waals surface area (Å²) in [6, 6.07) is 8.63. The van der Waals surface area contributed by atoms with E-state index < -0.39 is 35.9 Å². The fraction of sp³-hybridized carbons (Fsp3) is 0.273. The molecule has 2 atom stereocenters. The molecule has 2 heterocycles. The Bertz CT molecular complexity index is 1170. The van der Waals surface area contributed by atoms with Crippen LogP contribution >= 0.6 is 0 Å². The number of carboxylic acids is 1. The van der Waals surface area contributed by atoms with Crippen molar-refractivity contribution in [1.29, 1.82) is 0 Å². The van der Waals surface area contributed by atoms with Crippen molar-refractivity contribution in [2.24, 2.45) is 0 Å². The van der Waals surface area contributed by atoms with Crippen LogP contribution in [-0.4, -0.2) is 41.5 Å². The van der Waals surface area contributed by atoms with E-state index in [-0.39, 0.29) is 17.7 Å². The van der Waals surface area contributed by atoms with Crippen LogP contribution in [0.15, 0.2) is 42.5 Å². The highest BCUT2D eigenvalue weighted by atomic mass is 19.3. The number of carboxylic acid groups (broad SMARTS) is 1. The summed E-state index contributed by atoms with van der Waals surface area (Å²) in [5.74, 6) is -0.970. The second-order valence-electron chi connectivity index (χ2n) is 7.31. The minimum Gasteiger partial charge on any atom is -0.493 e. The van der Waals surface area contributed by atoms with Crippen molar-refractivity contribution in [2.45, 2.75) is 24.9 Å². The summed E-state index contributed by atoms with van der Waals surface area (Å²) >= 11 is 0. The molecule has 10 heteroatoms. The van der Waals surface area contributed by atoms with Gasteiger partial charge in [0, 0.05) is 11.6 Å². The van der Waals surface area contributed by atoms with Crippen LogP contribution in [0.2, 0.25) is 0 Å². The molecule has 0 amide bonds. The highest BCUT2D eigenvalue weighted by molar-refractivity contribution is 5.88. The molecule has 1 aliphatic rings. The van der Waals surface area contributed by atoms with Gasteiger partial charge in [0.15, 0.2) is 11.5 Å². The number of ether oxygens (including phenoxy) is 2. The van der Waals surface area contributed by atoms with E-state index in [1.54, 1.807) is 18.2 Å². The normalized spacial score (nSPS) is 17.6. The molecular weight excluding hydrogens is 427 g/mol. The highest BCUT2D eigenvalue weighted by Crippen LogP contribution is 2.41. The number of anilines is 1. The van der Waals surface area contributed by atoms with Crippen molar-refractivity contribution in [3.63, 3.8) is 0 Å². The lowest BCUT2D eigenvalue weighted by Crippen LogP contribution is -2.30. The second-order valence-corrected chi connectivity index (χ2v) is 7.31. The lowest BCUT2D eigenvalue weighted by atomic mass is 9.97. The first-order chi connectivity index (χ1) is 15.3. The first-order valence-electron chi connectivity index (χ1n) is 9.71. The molecule has 2 unspecified atom stereocenters. The number of methoxy groups -OCH3 is 2. The van der Waals surface area contributed by atoms with Crippen LogP contribution in [0, 0.1) is 5.82 Å². The van der Waals surface area contributed by atoms with Gasteiger partial charge in [0.2, 0.25) is 0 Å². The van der Waals surface area contributed by atoms with Gasteiger partial charge in [-0.2, -0.15) is 5.10 Å². The number of hydrogen-bond donors (Lipinski definition) is 2. The summed E-state index contributed by atoms with van der Waals surface area (Å²) in [7, 11) is 3.00. The molecule has 2 N–H and O–H groups in total. The van der Waals surface area contributed by atoms with Crippen molar-refractivity contribution in [2.75, 3.05) is 19.5 Å². The summed E-state index contributed by atoms with van der Waals surface area (Å²) in [5, 5.41) is 16.4. The predicted molar refractivity (Wildman–Crippen MR) is 110 cm³/mol. The molecular formula is C22H20F3N3O4. The summed E-state index contributed by atoms with van der Waals surface area (Å²) in [5.41, 5.74) is 0.794. The fourth-order valence-corrected chi connectivity index (χ4v) is 3.82. The molecule has 0 fully saturated rings. The summed E-state index contributed by atoms with van der Waals surface area (Å²) in [4.78, 5) is 11.0. The Morgan fingerprint density at radius 1 is 1.16 bits per heavy atom. The zero-order chi connectivity index (χ0) is 23.0. The van der Waals surface area contributed by atoms with E-state index in [1.165, 1.54) is 31.0 Å².